The summed E-state index contributed by atoms with van der Waals surface area (Å²) in [5.41, 5.74) is 0.980. The van der Waals surface area contributed by atoms with E-state index in [1.54, 1.807) is 10.9 Å². The number of aryl methyl sites for hydroxylation is 1. The Kier molecular flexibility index (Phi) is 4.75. The molecule has 0 radical (unpaired) electrons. The van der Waals surface area contributed by atoms with Crippen LogP contribution >= 0.6 is 0 Å². The summed E-state index contributed by atoms with van der Waals surface area (Å²) >= 11 is 0. The minimum absolute atomic E-state index is 0.316. The minimum Gasteiger partial charge on any atom is -0.467 e. The fourth-order valence-electron chi connectivity index (χ4n) is 2.50. The summed E-state index contributed by atoms with van der Waals surface area (Å²) in [6, 6.07) is 9.61. The Morgan fingerprint density at radius 2 is 2.10 bits per heavy atom. The van der Waals surface area contributed by atoms with Crippen molar-refractivity contribution in [2.75, 3.05) is 13.7 Å². The Balaban J connectivity index is 2.47. The number of nitrogens with zero attached hydrogens (tertiary/aromatic N) is 2. The SMILES string of the molecule is CCNC(Cn1cc(C)cn1)(C(=O)OC)c1ccccc1. The van der Waals surface area contributed by atoms with Crippen molar-refractivity contribution in [2.24, 2.45) is 0 Å². The molecule has 1 N–H and O–H groups in total. The predicted octanol–water partition coefficient (Wildman–Crippen LogP) is 1.87. The van der Waals surface area contributed by atoms with Gasteiger partial charge in [-0.15, -0.1) is 0 Å². The molecule has 0 aliphatic rings. The molecular weight excluding hydrogens is 266 g/mol. The number of rotatable bonds is 6. The van der Waals surface area contributed by atoms with Crippen molar-refractivity contribution in [3.05, 3.63) is 53.9 Å². The van der Waals surface area contributed by atoms with Gasteiger partial charge in [0, 0.05) is 6.20 Å². The summed E-state index contributed by atoms with van der Waals surface area (Å²) in [6.07, 6.45) is 3.69. The third kappa shape index (κ3) is 3.13. The van der Waals surface area contributed by atoms with Crippen LogP contribution < -0.4 is 5.32 Å². The number of likely N-dealkylation sites (N-methyl/N-ethyl adjacent to an activating group) is 1. The van der Waals surface area contributed by atoms with Gasteiger partial charge in [0.15, 0.2) is 5.54 Å². The largest absolute Gasteiger partial charge is 0.467 e. The van der Waals surface area contributed by atoms with Crippen molar-refractivity contribution in [1.82, 2.24) is 15.1 Å². The van der Waals surface area contributed by atoms with Gasteiger partial charge in [-0.3, -0.25) is 10.00 Å². The number of esters is 1. The third-order valence-electron chi connectivity index (χ3n) is 3.44. The first kappa shape index (κ1) is 15.3. The standard InChI is InChI=1S/C16H21N3O2/c1-4-17-16(15(20)21-3,14-8-6-5-7-9-14)12-19-11-13(2)10-18-19/h5-11,17H,4,12H2,1-3H3. The summed E-state index contributed by atoms with van der Waals surface area (Å²) in [5.74, 6) is -0.316. The highest BCUT2D eigenvalue weighted by atomic mass is 16.5. The third-order valence-corrected chi connectivity index (χ3v) is 3.44. The van der Waals surface area contributed by atoms with Crippen LogP contribution in [0, 0.1) is 6.92 Å². The van der Waals surface area contributed by atoms with Crippen LogP contribution in [0.2, 0.25) is 0 Å². The molecule has 0 fully saturated rings. The molecule has 1 aromatic carbocycles. The number of nitrogens with one attached hydrogen (secondary N) is 1. The molecule has 1 atom stereocenters. The summed E-state index contributed by atoms with van der Waals surface area (Å²) in [4.78, 5) is 12.5. The molecule has 1 unspecified atom stereocenters. The minimum atomic E-state index is -0.941. The maximum absolute atomic E-state index is 12.5. The fourth-order valence-corrected chi connectivity index (χ4v) is 2.50. The number of carbonyl (C=O) groups excluding carboxylic acids is 1. The smallest absolute Gasteiger partial charge is 0.332 e. The van der Waals surface area contributed by atoms with E-state index >= 15 is 0 Å². The van der Waals surface area contributed by atoms with Crippen molar-refractivity contribution >= 4 is 5.97 Å². The maximum Gasteiger partial charge on any atom is 0.332 e. The van der Waals surface area contributed by atoms with E-state index in [9.17, 15) is 4.79 Å². The van der Waals surface area contributed by atoms with Gasteiger partial charge in [-0.25, -0.2) is 4.79 Å². The lowest BCUT2D eigenvalue weighted by atomic mass is 9.89. The molecular formula is C16H21N3O2. The van der Waals surface area contributed by atoms with Crippen LogP contribution in [0.25, 0.3) is 0 Å². The molecule has 5 nitrogen and oxygen atoms in total. The summed E-state index contributed by atoms with van der Waals surface area (Å²) in [7, 11) is 1.41. The Morgan fingerprint density at radius 1 is 1.38 bits per heavy atom. The Hall–Kier alpha value is -2.14. The second-order valence-corrected chi connectivity index (χ2v) is 5.01. The molecule has 0 saturated heterocycles. The highest BCUT2D eigenvalue weighted by Crippen LogP contribution is 2.25. The first-order valence-corrected chi connectivity index (χ1v) is 7.00. The lowest BCUT2D eigenvalue weighted by molar-refractivity contribution is -0.150. The van der Waals surface area contributed by atoms with E-state index in [2.05, 4.69) is 10.4 Å². The summed E-state index contributed by atoms with van der Waals surface area (Å²) in [5, 5.41) is 7.58. The van der Waals surface area contributed by atoms with Gasteiger partial charge in [0.25, 0.3) is 0 Å². The lowest BCUT2D eigenvalue weighted by Crippen LogP contribution is -2.53. The first-order valence-electron chi connectivity index (χ1n) is 7.00. The number of hydrogen-bond acceptors (Lipinski definition) is 4. The van der Waals surface area contributed by atoms with E-state index in [-0.39, 0.29) is 5.97 Å². The quantitative estimate of drug-likeness (QED) is 0.824. The molecule has 0 spiro atoms. The van der Waals surface area contributed by atoms with E-state index in [0.29, 0.717) is 13.1 Å². The van der Waals surface area contributed by atoms with E-state index < -0.39 is 5.54 Å². The van der Waals surface area contributed by atoms with Crippen LogP contribution in [-0.2, 0) is 21.6 Å². The maximum atomic E-state index is 12.5. The molecule has 112 valence electrons. The fraction of sp³-hybridized carbons (Fsp3) is 0.375. The van der Waals surface area contributed by atoms with Gasteiger partial charge in [0.1, 0.15) is 0 Å². The van der Waals surface area contributed by atoms with Crippen molar-refractivity contribution in [3.8, 4) is 0 Å². The first-order chi connectivity index (χ1) is 10.1. The second kappa shape index (κ2) is 6.54. The van der Waals surface area contributed by atoms with Gasteiger partial charge in [-0.05, 0) is 24.6 Å². The van der Waals surface area contributed by atoms with Gasteiger partial charge in [0.2, 0.25) is 0 Å². The molecule has 5 heteroatoms. The normalized spacial score (nSPS) is 13.7. The highest BCUT2D eigenvalue weighted by molar-refractivity contribution is 5.82. The number of carbonyl (C=O) groups is 1. The van der Waals surface area contributed by atoms with Gasteiger partial charge in [-0.2, -0.15) is 5.10 Å². The zero-order valence-corrected chi connectivity index (χ0v) is 12.7. The van der Waals surface area contributed by atoms with Gasteiger partial charge in [0.05, 0.1) is 19.9 Å². The van der Waals surface area contributed by atoms with E-state index in [4.69, 9.17) is 4.74 Å². The lowest BCUT2D eigenvalue weighted by Gasteiger charge is -2.32. The molecule has 21 heavy (non-hydrogen) atoms. The van der Waals surface area contributed by atoms with Gasteiger partial charge >= 0.3 is 5.97 Å². The van der Waals surface area contributed by atoms with Gasteiger partial charge < -0.3 is 4.74 Å². The van der Waals surface area contributed by atoms with Crippen molar-refractivity contribution in [2.45, 2.75) is 25.9 Å². The average molecular weight is 287 g/mol. The van der Waals surface area contributed by atoms with Crippen LogP contribution in [0.1, 0.15) is 18.1 Å². The topological polar surface area (TPSA) is 56.2 Å². The van der Waals surface area contributed by atoms with Crippen molar-refractivity contribution in [3.63, 3.8) is 0 Å². The molecule has 1 heterocycles. The second-order valence-electron chi connectivity index (χ2n) is 5.01. The number of benzene rings is 1. The average Bonchev–Trinajstić information content (AvgIpc) is 2.91. The van der Waals surface area contributed by atoms with Crippen LogP contribution in [0.15, 0.2) is 42.7 Å². The monoisotopic (exact) mass is 287 g/mol. The van der Waals surface area contributed by atoms with Crippen molar-refractivity contribution in [1.29, 1.82) is 0 Å². The zero-order chi connectivity index (χ0) is 15.3. The van der Waals surface area contributed by atoms with Crippen LogP contribution in [0.3, 0.4) is 0 Å². The molecule has 0 saturated carbocycles. The zero-order valence-electron chi connectivity index (χ0n) is 12.7. The molecule has 2 aromatic rings. The molecule has 1 aromatic heterocycles. The predicted molar refractivity (Wildman–Crippen MR) is 80.8 cm³/mol. The van der Waals surface area contributed by atoms with E-state index in [1.165, 1.54) is 7.11 Å². The molecule has 0 aliphatic carbocycles. The van der Waals surface area contributed by atoms with Crippen molar-refractivity contribution < 1.29 is 9.53 Å². The Morgan fingerprint density at radius 3 is 2.62 bits per heavy atom. The number of ether oxygens (including phenoxy) is 1. The number of hydrogen-bond donors (Lipinski definition) is 1. The highest BCUT2D eigenvalue weighted by Gasteiger charge is 2.41. The molecule has 2 rings (SSSR count). The molecule has 0 amide bonds. The Bertz CT molecular complexity index is 595. The number of aromatic nitrogens is 2. The summed E-state index contributed by atoms with van der Waals surface area (Å²) in [6.45, 7) is 4.96. The van der Waals surface area contributed by atoms with Crippen LogP contribution in [-0.4, -0.2) is 29.4 Å². The van der Waals surface area contributed by atoms with Gasteiger partial charge in [-0.1, -0.05) is 37.3 Å². The summed E-state index contributed by atoms with van der Waals surface area (Å²) < 4.78 is 6.82. The molecule has 0 bridgehead atoms. The van der Waals surface area contributed by atoms with E-state index in [0.717, 1.165) is 11.1 Å². The van der Waals surface area contributed by atoms with Crippen LogP contribution in [0.5, 0.6) is 0 Å². The van der Waals surface area contributed by atoms with E-state index in [1.807, 2.05) is 50.4 Å². The molecule has 0 aliphatic heterocycles. The van der Waals surface area contributed by atoms with Crippen LogP contribution in [0.4, 0.5) is 0 Å². The number of methoxy groups -OCH3 is 1. The Labute approximate surface area is 124 Å².